The lowest BCUT2D eigenvalue weighted by Crippen LogP contribution is -2.00. The lowest BCUT2D eigenvalue weighted by atomic mass is 10.00. The summed E-state index contributed by atoms with van der Waals surface area (Å²) in [4.78, 5) is 14.5. The first-order valence-electron chi connectivity index (χ1n) is 21.1. The van der Waals surface area contributed by atoms with E-state index in [4.69, 9.17) is 37.2 Å². The van der Waals surface area contributed by atoms with Crippen molar-refractivity contribution in [3.63, 3.8) is 0 Å². The second-order valence-electron chi connectivity index (χ2n) is 10.6. The molecule has 2 aromatic heterocycles. The fourth-order valence-electron chi connectivity index (χ4n) is 5.50. The standard InChI is InChI=1S/C43H27N3O/c1-3-10-28(11-4-1)35-24-25-36-39(27-35)47-38-17-9-16-37(40(36)38)43-45-41(31-13-5-2-6-14-31)44-42(46-43)32-21-18-30(19-22-32)34-23-20-29-12-7-8-15-33(29)26-34/h1-27H/i1D,3D,4D,7D,10D,11D,12D,15D,16D,20D,23D,24D,26D. The van der Waals surface area contributed by atoms with Gasteiger partial charge in [-0.3, -0.25) is 0 Å². The highest BCUT2D eigenvalue weighted by Crippen LogP contribution is 2.38. The number of hydrogen-bond acceptors (Lipinski definition) is 4. The minimum atomic E-state index is -0.548. The number of nitrogens with zero attached hydrogens (tertiary/aromatic N) is 3. The van der Waals surface area contributed by atoms with Gasteiger partial charge in [0.15, 0.2) is 17.5 Å². The largest absolute Gasteiger partial charge is 0.456 e. The van der Waals surface area contributed by atoms with Crippen LogP contribution in [0.3, 0.4) is 0 Å². The van der Waals surface area contributed by atoms with Gasteiger partial charge in [0.2, 0.25) is 0 Å². The van der Waals surface area contributed by atoms with Crippen molar-refractivity contribution in [1.29, 1.82) is 0 Å². The van der Waals surface area contributed by atoms with Gasteiger partial charge in [-0.2, -0.15) is 0 Å². The smallest absolute Gasteiger partial charge is 0.164 e. The Kier molecular flexibility index (Phi) is 4.00. The molecule has 0 N–H and O–H groups in total. The predicted octanol–water partition coefficient (Wildman–Crippen LogP) is 11.3. The Labute approximate surface area is 289 Å². The molecule has 0 fully saturated rings. The lowest BCUT2D eigenvalue weighted by Gasteiger charge is -2.10. The summed E-state index contributed by atoms with van der Waals surface area (Å²) >= 11 is 0. The average Bonchev–Trinajstić information content (AvgIpc) is 3.60. The van der Waals surface area contributed by atoms with E-state index < -0.39 is 30.2 Å². The van der Waals surface area contributed by atoms with E-state index >= 15 is 0 Å². The first kappa shape index (κ1) is 16.8. The molecule has 9 rings (SSSR count). The summed E-state index contributed by atoms with van der Waals surface area (Å²) in [5.74, 6) is 0.610. The molecule has 2 heterocycles. The van der Waals surface area contributed by atoms with Crippen LogP contribution in [-0.2, 0) is 0 Å². The fourth-order valence-corrected chi connectivity index (χ4v) is 5.50. The van der Waals surface area contributed by atoms with Crippen LogP contribution in [0.15, 0.2) is 168 Å². The zero-order chi connectivity index (χ0) is 42.5. The zero-order valence-corrected chi connectivity index (χ0v) is 24.3. The van der Waals surface area contributed by atoms with Gasteiger partial charge in [-0.15, -0.1) is 0 Å². The van der Waals surface area contributed by atoms with E-state index in [2.05, 4.69) is 0 Å². The minimum absolute atomic E-state index is 0.0145. The van der Waals surface area contributed by atoms with Crippen molar-refractivity contribution < 1.29 is 22.2 Å². The van der Waals surface area contributed by atoms with E-state index in [0.717, 1.165) is 6.07 Å². The van der Waals surface area contributed by atoms with E-state index in [1.165, 1.54) is 18.2 Å². The monoisotopic (exact) mass is 614 g/mol. The van der Waals surface area contributed by atoms with Crippen LogP contribution in [0, 0.1) is 0 Å². The van der Waals surface area contributed by atoms with Crippen LogP contribution in [0.1, 0.15) is 17.8 Å². The molecular weight excluding hydrogens is 574 g/mol. The van der Waals surface area contributed by atoms with Crippen LogP contribution >= 0.6 is 0 Å². The third-order valence-electron chi connectivity index (χ3n) is 7.75. The molecule has 7 aromatic carbocycles. The molecule has 0 saturated carbocycles. The number of aromatic nitrogens is 3. The molecule has 0 radical (unpaired) electrons. The highest BCUT2D eigenvalue weighted by molar-refractivity contribution is 6.12. The van der Waals surface area contributed by atoms with Gasteiger partial charge < -0.3 is 4.42 Å². The molecule has 220 valence electrons. The summed E-state index contributed by atoms with van der Waals surface area (Å²) in [5, 5.41) is 0.759. The number of rotatable bonds is 5. The second kappa shape index (κ2) is 11.2. The van der Waals surface area contributed by atoms with Gasteiger partial charge in [0.1, 0.15) is 11.2 Å². The Morgan fingerprint density at radius 2 is 1.21 bits per heavy atom. The molecule has 0 aliphatic carbocycles. The highest BCUT2D eigenvalue weighted by Gasteiger charge is 2.18. The first-order chi connectivity index (χ1) is 28.7. The molecular formula is C43H27N3O. The molecule has 9 aromatic rings. The van der Waals surface area contributed by atoms with Crippen molar-refractivity contribution in [2.75, 3.05) is 0 Å². The van der Waals surface area contributed by atoms with Gasteiger partial charge in [0, 0.05) is 27.5 Å². The molecule has 0 atom stereocenters. The van der Waals surface area contributed by atoms with Gasteiger partial charge in [-0.25, -0.2) is 15.0 Å². The van der Waals surface area contributed by atoms with Gasteiger partial charge in [0.05, 0.1) is 17.8 Å². The van der Waals surface area contributed by atoms with Crippen LogP contribution in [0.2, 0.25) is 0 Å². The summed E-state index contributed by atoms with van der Waals surface area (Å²) in [6.45, 7) is 0. The van der Waals surface area contributed by atoms with Crippen molar-refractivity contribution in [2.45, 2.75) is 0 Å². The number of hydrogen-bond donors (Lipinski definition) is 0. The molecule has 0 aliphatic rings. The maximum absolute atomic E-state index is 9.10. The van der Waals surface area contributed by atoms with Gasteiger partial charge in [-0.1, -0.05) is 139 Å². The van der Waals surface area contributed by atoms with Crippen molar-refractivity contribution in [1.82, 2.24) is 15.0 Å². The molecule has 0 bridgehead atoms. The maximum Gasteiger partial charge on any atom is 0.164 e. The van der Waals surface area contributed by atoms with Crippen molar-refractivity contribution in [3.05, 3.63) is 163 Å². The van der Waals surface area contributed by atoms with E-state index in [9.17, 15) is 0 Å². The van der Waals surface area contributed by atoms with Gasteiger partial charge in [-0.05, 0) is 57.3 Å². The second-order valence-corrected chi connectivity index (χ2v) is 10.6. The molecule has 4 heteroatoms. The summed E-state index contributed by atoms with van der Waals surface area (Å²) in [6.07, 6.45) is 0. The Hall–Kier alpha value is -6.39. The number of fused-ring (bicyclic) bond motifs is 4. The summed E-state index contributed by atoms with van der Waals surface area (Å²) in [6, 6.07) is 18.8. The molecule has 0 unspecified atom stereocenters. The Balaban J connectivity index is 1.22. The zero-order valence-electron chi connectivity index (χ0n) is 37.3. The molecule has 0 spiro atoms. The number of benzene rings is 7. The summed E-state index contributed by atoms with van der Waals surface area (Å²) in [7, 11) is 0. The molecule has 0 saturated heterocycles. The minimum Gasteiger partial charge on any atom is -0.456 e. The molecule has 47 heavy (non-hydrogen) atoms. The van der Waals surface area contributed by atoms with Crippen LogP contribution in [0.25, 0.3) is 89.1 Å². The van der Waals surface area contributed by atoms with E-state index in [1.807, 2.05) is 30.3 Å². The fraction of sp³-hybridized carbons (Fsp3) is 0. The Bertz CT molecular complexity index is 3270. The van der Waals surface area contributed by atoms with Crippen molar-refractivity contribution in [3.8, 4) is 56.4 Å². The lowest BCUT2D eigenvalue weighted by molar-refractivity contribution is 0.669. The van der Waals surface area contributed by atoms with Crippen LogP contribution in [0.5, 0.6) is 0 Å². The van der Waals surface area contributed by atoms with Gasteiger partial charge in [0.25, 0.3) is 0 Å². The third kappa shape index (κ3) is 4.93. The molecule has 4 nitrogen and oxygen atoms in total. The van der Waals surface area contributed by atoms with Crippen LogP contribution in [-0.4, -0.2) is 15.0 Å². The predicted molar refractivity (Wildman–Crippen MR) is 192 cm³/mol. The quantitative estimate of drug-likeness (QED) is 0.193. The highest BCUT2D eigenvalue weighted by atomic mass is 16.3. The average molecular weight is 615 g/mol. The van der Waals surface area contributed by atoms with Gasteiger partial charge >= 0.3 is 0 Å². The Morgan fingerprint density at radius 3 is 2.04 bits per heavy atom. The van der Waals surface area contributed by atoms with E-state index in [1.54, 1.807) is 30.3 Å². The molecule has 0 amide bonds. The topological polar surface area (TPSA) is 51.8 Å². The van der Waals surface area contributed by atoms with E-state index in [0.29, 0.717) is 33.0 Å². The van der Waals surface area contributed by atoms with Crippen LogP contribution < -0.4 is 0 Å². The van der Waals surface area contributed by atoms with Crippen molar-refractivity contribution >= 4 is 32.7 Å². The summed E-state index contributed by atoms with van der Waals surface area (Å²) < 4.78 is 117. The molecule has 0 aliphatic heterocycles. The normalized spacial score (nSPS) is 15.3. The van der Waals surface area contributed by atoms with Crippen molar-refractivity contribution in [2.24, 2.45) is 0 Å². The Morgan fingerprint density at radius 1 is 0.447 bits per heavy atom. The third-order valence-corrected chi connectivity index (χ3v) is 7.75. The maximum atomic E-state index is 9.10. The first-order valence-corrected chi connectivity index (χ1v) is 14.6. The summed E-state index contributed by atoms with van der Waals surface area (Å²) in [5.41, 5.74) is 2.42. The van der Waals surface area contributed by atoms with E-state index in [-0.39, 0.29) is 104 Å². The van der Waals surface area contributed by atoms with Crippen LogP contribution in [0.4, 0.5) is 0 Å². The SMILES string of the molecule is [2H]c1cc2c(cc1-c1c([2H])c([2H])c([2H])c([2H])c1[2H])oc1ccc([2H])c(-c3nc(-c4ccccc4)nc(-c4ccc(-c5c([2H])c([2H])c6c([2H])c([2H])cc([2H])c6c5[2H])cc4)n3)c12. The number of furan rings is 1.